The van der Waals surface area contributed by atoms with Gasteiger partial charge in [0.1, 0.15) is 11.8 Å². The van der Waals surface area contributed by atoms with Gasteiger partial charge in [-0.1, -0.05) is 11.6 Å². The zero-order valence-electron chi connectivity index (χ0n) is 15.5. The number of likely N-dealkylation sites (N-methyl/N-ethyl adjacent to an activating group) is 1. The zero-order valence-corrected chi connectivity index (χ0v) is 17.1. The van der Waals surface area contributed by atoms with E-state index in [1.165, 1.54) is 7.11 Å². The number of ether oxygens (including phenoxy) is 3. The lowest BCUT2D eigenvalue weighted by Crippen LogP contribution is -2.38. The minimum Gasteiger partial charge on any atom is -0.454 e. The zero-order chi connectivity index (χ0) is 18.7. The summed E-state index contributed by atoms with van der Waals surface area (Å²) >= 11 is 6.38. The van der Waals surface area contributed by atoms with Crippen molar-refractivity contribution in [2.24, 2.45) is 0 Å². The lowest BCUT2D eigenvalue weighted by Gasteiger charge is -2.24. The van der Waals surface area contributed by atoms with Crippen molar-refractivity contribution in [2.45, 2.75) is 6.54 Å². The van der Waals surface area contributed by atoms with Gasteiger partial charge in [0.2, 0.25) is 12.7 Å². The fourth-order valence-corrected chi connectivity index (χ4v) is 2.93. The van der Waals surface area contributed by atoms with E-state index >= 15 is 0 Å². The Morgan fingerprint density at radius 3 is 2.59 bits per heavy atom. The van der Waals surface area contributed by atoms with Gasteiger partial charge in [-0.2, -0.15) is 0 Å². The number of rotatable bonds is 7. The van der Waals surface area contributed by atoms with E-state index in [0.717, 1.165) is 23.0 Å². The molecule has 0 atom stereocenters. The van der Waals surface area contributed by atoms with Crippen LogP contribution in [0.1, 0.15) is 5.56 Å². The molecule has 27 heavy (non-hydrogen) atoms. The molecule has 0 radical (unpaired) electrons. The number of pyridine rings is 1. The quantitative estimate of drug-likeness (QED) is 0.647. The molecule has 0 spiro atoms. The third kappa shape index (κ3) is 5.13. The molecule has 148 valence electrons. The number of hydrogen-bond acceptors (Lipinski definition) is 6. The Bertz CT molecular complexity index is 817. The molecule has 0 unspecified atom stereocenters. The largest absolute Gasteiger partial charge is 0.454 e. The average molecular weight is 416 g/mol. The van der Waals surface area contributed by atoms with Gasteiger partial charge in [-0.25, -0.2) is 4.98 Å². The van der Waals surface area contributed by atoms with Crippen LogP contribution < -0.4 is 9.47 Å². The highest BCUT2D eigenvalue weighted by Crippen LogP contribution is 2.36. The number of aromatic nitrogens is 1. The summed E-state index contributed by atoms with van der Waals surface area (Å²) in [6.45, 7) is 1.92. The van der Waals surface area contributed by atoms with E-state index < -0.39 is 0 Å². The first-order valence-corrected chi connectivity index (χ1v) is 8.66. The van der Waals surface area contributed by atoms with E-state index in [1.54, 1.807) is 4.90 Å². The third-order valence-electron chi connectivity index (χ3n) is 4.13. The van der Waals surface area contributed by atoms with Gasteiger partial charge in [0.15, 0.2) is 11.5 Å². The number of halogens is 2. The van der Waals surface area contributed by atoms with Crippen molar-refractivity contribution < 1.29 is 19.0 Å². The van der Waals surface area contributed by atoms with Gasteiger partial charge in [0.25, 0.3) is 0 Å². The molecule has 1 aliphatic rings. The van der Waals surface area contributed by atoms with Gasteiger partial charge < -0.3 is 24.0 Å². The number of carbonyl (C=O) groups is 1. The molecule has 0 N–H and O–H groups in total. The second-order valence-electron chi connectivity index (χ2n) is 6.39. The van der Waals surface area contributed by atoms with Gasteiger partial charge in [0, 0.05) is 43.8 Å². The summed E-state index contributed by atoms with van der Waals surface area (Å²) in [5.74, 6) is 1.26. The molecule has 0 fully saturated rings. The summed E-state index contributed by atoms with van der Waals surface area (Å²) in [4.78, 5) is 20.6. The maximum atomic E-state index is 12.4. The van der Waals surface area contributed by atoms with Crippen LogP contribution in [0, 0.1) is 0 Å². The average Bonchev–Trinajstić information content (AvgIpc) is 3.04. The minimum absolute atomic E-state index is 0. The molecule has 0 bridgehead atoms. The van der Waals surface area contributed by atoms with Gasteiger partial charge in [0.05, 0.1) is 5.52 Å². The number of fused-ring (bicyclic) bond motifs is 2. The van der Waals surface area contributed by atoms with Gasteiger partial charge >= 0.3 is 0 Å². The first-order valence-electron chi connectivity index (χ1n) is 8.28. The maximum absolute atomic E-state index is 12.4. The predicted molar refractivity (Wildman–Crippen MR) is 106 cm³/mol. The third-order valence-corrected chi connectivity index (χ3v) is 4.46. The van der Waals surface area contributed by atoms with E-state index in [-0.39, 0.29) is 31.7 Å². The Hall–Kier alpha value is -1.80. The van der Waals surface area contributed by atoms with Crippen molar-refractivity contribution in [3.63, 3.8) is 0 Å². The van der Waals surface area contributed by atoms with Crippen LogP contribution >= 0.6 is 24.0 Å². The summed E-state index contributed by atoms with van der Waals surface area (Å²) in [7, 11) is 5.44. The predicted octanol–water partition coefficient (Wildman–Crippen LogP) is 2.58. The number of hydrogen-bond donors (Lipinski definition) is 0. The summed E-state index contributed by atoms with van der Waals surface area (Å²) < 4.78 is 15.8. The van der Waals surface area contributed by atoms with E-state index in [4.69, 9.17) is 25.8 Å². The molecule has 0 saturated carbocycles. The van der Waals surface area contributed by atoms with Gasteiger partial charge in [-0.05, 0) is 26.2 Å². The normalized spacial score (nSPS) is 12.3. The highest BCUT2D eigenvalue weighted by Gasteiger charge is 2.19. The Morgan fingerprint density at radius 1 is 1.22 bits per heavy atom. The van der Waals surface area contributed by atoms with Gasteiger partial charge in [-0.3, -0.25) is 4.79 Å². The van der Waals surface area contributed by atoms with Crippen LogP contribution in [-0.4, -0.2) is 68.4 Å². The van der Waals surface area contributed by atoms with Crippen molar-refractivity contribution in [2.75, 3.05) is 47.7 Å². The molecule has 0 saturated heterocycles. The summed E-state index contributed by atoms with van der Waals surface area (Å²) in [5, 5.41) is 1.26. The number of nitrogens with zero attached hydrogens (tertiary/aromatic N) is 3. The molecule has 2 heterocycles. The molecule has 7 nitrogen and oxygen atoms in total. The SMILES string of the molecule is COCC(=O)N(CCN(C)C)Cc1cc2cc3c(cc2nc1Cl)OCO3.Cl. The summed E-state index contributed by atoms with van der Waals surface area (Å²) in [5.41, 5.74) is 1.51. The Labute approximate surface area is 169 Å². The van der Waals surface area contributed by atoms with E-state index in [9.17, 15) is 4.79 Å². The van der Waals surface area contributed by atoms with Crippen LogP contribution in [0.3, 0.4) is 0 Å². The Kier molecular flexibility index (Phi) is 7.49. The number of benzene rings is 1. The maximum Gasteiger partial charge on any atom is 0.248 e. The highest BCUT2D eigenvalue weighted by atomic mass is 35.5. The van der Waals surface area contributed by atoms with E-state index in [1.807, 2.05) is 37.2 Å². The van der Waals surface area contributed by atoms with Gasteiger partial charge in [-0.15, -0.1) is 12.4 Å². The van der Waals surface area contributed by atoms with Crippen molar-refractivity contribution in [1.29, 1.82) is 0 Å². The lowest BCUT2D eigenvalue weighted by atomic mass is 10.1. The Balaban J connectivity index is 0.00000261. The second-order valence-corrected chi connectivity index (χ2v) is 6.75. The smallest absolute Gasteiger partial charge is 0.248 e. The number of carbonyl (C=O) groups excluding carboxylic acids is 1. The molecule has 0 aliphatic carbocycles. The van der Waals surface area contributed by atoms with Crippen molar-refractivity contribution in [3.05, 3.63) is 28.9 Å². The summed E-state index contributed by atoms with van der Waals surface area (Å²) in [6, 6.07) is 5.63. The van der Waals surface area contributed by atoms with Crippen molar-refractivity contribution >= 4 is 40.8 Å². The monoisotopic (exact) mass is 415 g/mol. The molecule has 9 heteroatoms. The number of methoxy groups -OCH3 is 1. The highest BCUT2D eigenvalue weighted by molar-refractivity contribution is 6.30. The fraction of sp³-hybridized carbons (Fsp3) is 0.444. The summed E-state index contributed by atoms with van der Waals surface area (Å²) in [6.07, 6.45) is 0. The van der Waals surface area contributed by atoms with Crippen LogP contribution in [0.4, 0.5) is 0 Å². The standard InChI is InChI=1S/C18H22ClN3O4.ClH/c1-21(2)4-5-22(17(23)10-24-3)9-13-6-12-7-15-16(26-11-25-15)8-14(12)20-18(13)19;/h6-8H,4-5,9-11H2,1-3H3;1H. The molecule has 1 aromatic carbocycles. The van der Waals surface area contributed by atoms with Crippen LogP contribution in [0.25, 0.3) is 10.9 Å². The molecule has 2 aromatic rings. The topological polar surface area (TPSA) is 64.1 Å². The van der Waals surface area contributed by atoms with Crippen molar-refractivity contribution in [1.82, 2.24) is 14.8 Å². The van der Waals surface area contributed by atoms with Crippen LogP contribution in [0.2, 0.25) is 5.15 Å². The van der Waals surface area contributed by atoms with E-state index in [0.29, 0.717) is 29.7 Å². The molecule has 3 rings (SSSR count). The van der Waals surface area contributed by atoms with Crippen LogP contribution in [-0.2, 0) is 16.1 Å². The van der Waals surface area contributed by atoms with E-state index in [2.05, 4.69) is 4.98 Å². The lowest BCUT2D eigenvalue weighted by molar-refractivity contribution is -0.135. The first kappa shape index (κ1) is 21.5. The number of amides is 1. The van der Waals surface area contributed by atoms with Crippen LogP contribution in [0.15, 0.2) is 18.2 Å². The molecular weight excluding hydrogens is 393 g/mol. The minimum atomic E-state index is -0.0869. The second kappa shape index (κ2) is 9.41. The molecule has 1 aliphatic heterocycles. The molecule has 1 aromatic heterocycles. The molecule has 1 amide bonds. The van der Waals surface area contributed by atoms with Crippen molar-refractivity contribution in [3.8, 4) is 11.5 Å². The Morgan fingerprint density at radius 2 is 1.93 bits per heavy atom. The molecular formula is C18H23Cl2N3O4. The fourth-order valence-electron chi connectivity index (χ4n) is 2.73. The first-order chi connectivity index (χ1) is 12.5. The van der Waals surface area contributed by atoms with Crippen LogP contribution in [0.5, 0.6) is 11.5 Å².